The first-order valence-corrected chi connectivity index (χ1v) is 35.6. The molecule has 5 atom stereocenters. The molecule has 0 heterocycles. The number of unbranched alkanes of at least 4 members (excludes halogenated alkanes) is 34. The van der Waals surface area contributed by atoms with Crippen LogP contribution >= 0.6 is 15.6 Å². The fourth-order valence-corrected chi connectivity index (χ4v) is 10.8. The molecule has 19 heteroatoms. The van der Waals surface area contributed by atoms with E-state index in [2.05, 4.69) is 34.6 Å². The summed E-state index contributed by atoms with van der Waals surface area (Å²) < 4.78 is 67.9. The lowest BCUT2D eigenvalue weighted by molar-refractivity contribution is -0.161. The highest BCUT2D eigenvalue weighted by Crippen LogP contribution is 2.45. The van der Waals surface area contributed by atoms with Gasteiger partial charge < -0.3 is 33.8 Å². The van der Waals surface area contributed by atoms with Gasteiger partial charge in [0.05, 0.1) is 26.4 Å². The van der Waals surface area contributed by atoms with Gasteiger partial charge in [0.2, 0.25) is 0 Å². The summed E-state index contributed by atoms with van der Waals surface area (Å²) in [6.07, 6.45) is 38.8. The Morgan fingerprint density at radius 1 is 0.333 bits per heavy atom. The van der Waals surface area contributed by atoms with E-state index < -0.39 is 97.5 Å². The van der Waals surface area contributed by atoms with Crippen LogP contribution in [-0.4, -0.2) is 96.7 Å². The fraction of sp³-hybridized carbons (Fsp3) is 0.935. The lowest BCUT2D eigenvalue weighted by Crippen LogP contribution is -2.30. The van der Waals surface area contributed by atoms with E-state index in [1.807, 2.05) is 0 Å². The normalized spacial score (nSPS) is 14.3. The molecular formula is C62H120O17P2. The van der Waals surface area contributed by atoms with E-state index in [4.69, 9.17) is 37.0 Å². The van der Waals surface area contributed by atoms with Crippen molar-refractivity contribution in [3.05, 3.63) is 0 Å². The summed E-state index contributed by atoms with van der Waals surface area (Å²) in [7, 11) is -9.88. The van der Waals surface area contributed by atoms with Crippen LogP contribution in [0.4, 0.5) is 0 Å². The predicted octanol–water partition coefficient (Wildman–Crippen LogP) is 17.0. The minimum Gasteiger partial charge on any atom is -0.462 e. The number of hydrogen-bond acceptors (Lipinski definition) is 15. The first-order valence-electron chi connectivity index (χ1n) is 32.6. The molecule has 0 bridgehead atoms. The first kappa shape index (κ1) is 79.1. The van der Waals surface area contributed by atoms with Crippen LogP contribution < -0.4 is 0 Å². The monoisotopic (exact) mass is 1200 g/mol. The van der Waals surface area contributed by atoms with Gasteiger partial charge in [-0.3, -0.25) is 37.3 Å². The Morgan fingerprint density at radius 2 is 0.568 bits per heavy atom. The third-order valence-electron chi connectivity index (χ3n) is 14.3. The van der Waals surface area contributed by atoms with Gasteiger partial charge in [-0.15, -0.1) is 0 Å². The standard InChI is InChI=1S/C62H120O17P2/c1-6-9-12-15-18-21-26-31-36-41-46-60(65)73-52-58(79-62(67)48-43-38-33-28-23-25-29-34-39-44-55(4)5)54-77-81(70,71)75-50-56(63)49-74-80(68,69)76-53-57(51-72-59(64)45-40-35-30-24-20-17-14-11-8-3)78-61(66)47-42-37-32-27-22-19-16-13-10-7-2/h55-58,63H,6-54H2,1-5H3,(H,68,69)(H,70,71)/t56-,57+,58+/m0/s1. The lowest BCUT2D eigenvalue weighted by atomic mass is 10.0. The van der Waals surface area contributed by atoms with Gasteiger partial charge in [-0.2, -0.15) is 0 Å². The Morgan fingerprint density at radius 3 is 0.840 bits per heavy atom. The van der Waals surface area contributed by atoms with Crippen LogP contribution in [0.25, 0.3) is 0 Å². The smallest absolute Gasteiger partial charge is 0.462 e. The number of carbonyl (C=O) groups is 4. The highest BCUT2D eigenvalue weighted by atomic mass is 31.2. The van der Waals surface area contributed by atoms with E-state index in [0.29, 0.717) is 25.7 Å². The van der Waals surface area contributed by atoms with Gasteiger partial charge in [0.15, 0.2) is 12.2 Å². The number of hydrogen-bond donors (Lipinski definition) is 3. The van der Waals surface area contributed by atoms with Crippen molar-refractivity contribution < 1.29 is 80.2 Å². The molecule has 0 aliphatic carbocycles. The molecule has 0 amide bonds. The summed E-state index contributed by atoms with van der Waals surface area (Å²) in [5.74, 6) is -1.40. The number of carbonyl (C=O) groups excluding carboxylic acids is 4. The Hall–Kier alpha value is -1.94. The number of ether oxygens (including phenoxy) is 4. The molecule has 2 unspecified atom stereocenters. The highest BCUT2D eigenvalue weighted by molar-refractivity contribution is 7.47. The number of aliphatic hydroxyl groups is 1. The second-order valence-corrected chi connectivity index (χ2v) is 25.8. The minimum atomic E-state index is -4.94. The zero-order chi connectivity index (χ0) is 59.9. The molecule has 3 N–H and O–H groups in total. The molecule has 0 saturated carbocycles. The SMILES string of the molecule is CCCCCCCCCCCCC(=O)OC[C@H](COP(=O)(O)OC[C@@H](O)COP(=O)(O)OC[C@@H](COC(=O)CCCCCCCCCCC)OC(=O)CCCCCCCCCCCC)OC(=O)CCCCCCCCCCCC(C)C. The Bertz CT molecular complexity index is 1580. The van der Waals surface area contributed by atoms with E-state index in [-0.39, 0.29) is 25.7 Å². The summed E-state index contributed by atoms with van der Waals surface area (Å²) in [5, 5.41) is 10.5. The molecule has 0 fully saturated rings. The second-order valence-electron chi connectivity index (χ2n) is 22.9. The molecule has 0 spiro atoms. The highest BCUT2D eigenvalue weighted by Gasteiger charge is 2.30. The van der Waals surface area contributed by atoms with Crippen molar-refractivity contribution in [3.8, 4) is 0 Å². The maximum atomic E-state index is 12.9. The summed E-state index contributed by atoms with van der Waals surface area (Å²) >= 11 is 0. The summed E-state index contributed by atoms with van der Waals surface area (Å²) in [4.78, 5) is 72.0. The summed E-state index contributed by atoms with van der Waals surface area (Å²) in [5.41, 5.74) is 0. The predicted molar refractivity (Wildman–Crippen MR) is 322 cm³/mol. The average molecular weight is 1200 g/mol. The second kappa shape index (κ2) is 55.9. The zero-order valence-corrected chi connectivity index (χ0v) is 53.7. The molecule has 0 rings (SSSR count). The lowest BCUT2D eigenvalue weighted by Gasteiger charge is -2.21. The maximum absolute atomic E-state index is 12.9. The van der Waals surface area contributed by atoms with Crippen LogP contribution in [0.5, 0.6) is 0 Å². The molecule has 0 saturated heterocycles. The maximum Gasteiger partial charge on any atom is 0.472 e. The molecule has 0 radical (unpaired) electrons. The molecule has 81 heavy (non-hydrogen) atoms. The fourth-order valence-electron chi connectivity index (χ4n) is 9.23. The third-order valence-corrected chi connectivity index (χ3v) is 16.2. The van der Waals surface area contributed by atoms with Crippen LogP contribution in [0.2, 0.25) is 0 Å². The van der Waals surface area contributed by atoms with Crippen molar-refractivity contribution in [2.24, 2.45) is 5.92 Å². The van der Waals surface area contributed by atoms with Crippen LogP contribution in [-0.2, 0) is 65.4 Å². The molecular weight excluding hydrogens is 1080 g/mol. The molecule has 0 aromatic rings. The van der Waals surface area contributed by atoms with Crippen LogP contribution in [0.1, 0.15) is 311 Å². The van der Waals surface area contributed by atoms with Gasteiger partial charge in [-0.1, -0.05) is 259 Å². The molecule has 0 aromatic heterocycles. The topological polar surface area (TPSA) is 237 Å². The Labute approximate surface area is 492 Å². The summed E-state index contributed by atoms with van der Waals surface area (Å²) in [6, 6.07) is 0. The molecule has 0 aromatic carbocycles. The van der Waals surface area contributed by atoms with E-state index in [1.165, 1.54) is 135 Å². The van der Waals surface area contributed by atoms with Gasteiger partial charge >= 0.3 is 39.5 Å². The average Bonchev–Trinajstić information content (AvgIpc) is 3.43. The van der Waals surface area contributed by atoms with Crippen LogP contribution in [0, 0.1) is 5.92 Å². The van der Waals surface area contributed by atoms with Gasteiger partial charge in [0, 0.05) is 25.7 Å². The van der Waals surface area contributed by atoms with Gasteiger partial charge in [-0.25, -0.2) is 9.13 Å². The number of esters is 4. The Balaban J connectivity index is 5.23. The zero-order valence-electron chi connectivity index (χ0n) is 51.9. The van der Waals surface area contributed by atoms with Crippen molar-refractivity contribution in [1.29, 1.82) is 0 Å². The van der Waals surface area contributed by atoms with E-state index >= 15 is 0 Å². The minimum absolute atomic E-state index is 0.105. The molecule has 480 valence electrons. The largest absolute Gasteiger partial charge is 0.472 e. The van der Waals surface area contributed by atoms with Gasteiger partial charge in [-0.05, 0) is 31.6 Å². The first-order chi connectivity index (χ1) is 39.0. The van der Waals surface area contributed by atoms with Gasteiger partial charge in [0.25, 0.3) is 0 Å². The Kier molecular flexibility index (Phi) is 54.6. The van der Waals surface area contributed by atoms with Crippen LogP contribution in [0.3, 0.4) is 0 Å². The number of aliphatic hydroxyl groups excluding tert-OH is 1. The van der Waals surface area contributed by atoms with Crippen LogP contribution in [0.15, 0.2) is 0 Å². The molecule has 0 aliphatic rings. The van der Waals surface area contributed by atoms with E-state index in [9.17, 15) is 43.2 Å². The number of rotatable bonds is 62. The van der Waals surface area contributed by atoms with Crippen molar-refractivity contribution in [2.45, 2.75) is 329 Å². The van der Waals surface area contributed by atoms with Crippen molar-refractivity contribution >= 4 is 39.5 Å². The number of phosphoric ester groups is 2. The molecule has 0 aliphatic heterocycles. The van der Waals surface area contributed by atoms with Gasteiger partial charge in [0.1, 0.15) is 19.3 Å². The van der Waals surface area contributed by atoms with Crippen molar-refractivity contribution in [1.82, 2.24) is 0 Å². The third kappa shape index (κ3) is 56.9. The van der Waals surface area contributed by atoms with E-state index in [0.717, 1.165) is 95.8 Å². The quantitative estimate of drug-likeness (QED) is 0.0222. The van der Waals surface area contributed by atoms with E-state index in [1.54, 1.807) is 0 Å². The molecule has 17 nitrogen and oxygen atoms in total. The summed E-state index contributed by atoms with van der Waals surface area (Å²) in [6.45, 7) is 7.13. The van der Waals surface area contributed by atoms with Crippen molar-refractivity contribution in [3.63, 3.8) is 0 Å². The number of phosphoric acid groups is 2. The van der Waals surface area contributed by atoms with Crippen molar-refractivity contribution in [2.75, 3.05) is 39.6 Å².